The number of hydrogen-bond acceptors (Lipinski definition) is 2. The first-order valence-electron chi connectivity index (χ1n) is 5.63. The van der Waals surface area contributed by atoms with E-state index in [1.165, 1.54) is 19.3 Å². The molecule has 15 heavy (non-hydrogen) atoms. The number of para-hydroxylation sites is 1. The van der Waals surface area contributed by atoms with Crippen molar-refractivity contribution >= 4 is 23.0 Å². The molecule has 2 aliphatic rings. The minimum Gasteiger partial charge on any atom is -0.382 e. The molecule has 0 bridgehead atoms. The lowest BCUT2D eigenvalue weighted by atomic mass is 10.1. The summed E-state index contributed by atoms with van der Waals surface area (Å²) in [7, 11) is 0. The van der Waals surface area contributed by atoms with E-state index in [0.717, 1.165) is 28.9 Å². The van der Waals surface area contributed by atoms with E-state index < -0.39 is 0 Å². The highest BCUT2D eigenvalue weighted by atomic mass is 35.5. The molecule has 1 aromatic carbocycles. The van der Waals surface area contributed by atoms with Crippen LogP contribution >= 0.6 is 11.6 Å². The fraction of sp³-hybridized carbons (Fsp3) is 0.500. The van der Waals surface area contributed by atoms with Crippen molar-refractivity contribution in [3.63, 3.8) is 0 Å². The number of hydrogen-bond donors (Lipinski definition) is 2. The highest BCUT2D eigenvalue weighted by molar-refractivity contribution is 6.34. The maximum Gasteiger partial charge on any atom is 0.0765 e. The Balaban J connectivity index is 1.91. The third-order valence-electron chi connectivity index (χ3n) is 3.30. The monoisotopic (exact) mass is 222 g/mol. The van der Waals surface area contributed by atoms with Gasteiger partial charge in [0.15, 0.2) is 0 Å². The summed E-state index contributed by atoms with van der Waals surface area (Å²) >= 11 is 6.16. The van der Waals surface area contributed by atoms with E-state index in [2.05, 4.69) is 16.7 Å². The number of fused-ring (bicyclic) bond motifs is 1. The molecule has 3 heteroatoms. The maximum absolute atomic E-state index is 6.16. The van der Waals surface area contributed by atoms with Gasteiger partial charge >= 0.3 is 0 Å². The molecule has 1 aliphatic carbocycles. The Morgan fingerprint density at radius 1 is 1.20 bits per heavy atom. The van der Waals surface area contributed by atoms with Crippen molar-refractivity contribution in [2.75, 3.05) is 17.2 Å². The van der Waals surface area contributed by atoms with E-state index in [1.54, 1.807) is 0 Å². The van der Waals surface area contributed by atoms with Gasteiger partial charge in [0.1, 0.15) is 0 Å². The van der Waals surface area contributed by atoms with Gasteiger partial charge in [-0.25, -0.2) is 0 Å². The van der Waals surface area contributed by atoms with Crippen LogP contribution in [0.15, 0.2) is 18.2 Å². The number of benzene rings is 1. The van der Waals surface area contributed by atoms with Gasteiger partial charge < -0.3 is 10.6 Å². The standard InChI is InChI=1S/C12H15ClN2/c13-9-2-1-3-11-12(9)14-7-6-10(15-11)8-4-5-8/h1-3,8,10,14-15H,4-7H2. The van der Waals surface area contributed by atoms with Gasteiger partial charge in [0.25, 0.3) is 0 Å². The van der Waals surface area contributed by atoms with E-state index in [1.807, 2.05) is 12.1 Å². The summed E-state index contributed by atoms with van der Waals surface area (Å²) in [5.74, 6) is 0.886. The van der Waals surface area contributed by atoms with Gasteiger partial charge in [0.05, 0.1) is 16.4 Å². The topological polar surface area (TPSA) is 24.1 Å². The summed E-state index contributed by atoms with van der Waals surface area (Å²) in [6, 6.07) is 6.68. The Morgan fingerprint density at radius 2 is 2.07 bits per heavy atom. The molecular weight excluding hydrogens is 208 g/mol. The van der Waals surface area contributed by atoms with Gasteiger partial charge in [-0.15, -0.1) is 0 Å². The van der Waals surface area contributed by atoms with Crippen LogP contribution in [-0.4, -0.2) is 12.6 Å². The lowest BCUT2D eigenvalue weighted by molar-refractivity contribution is 0.609. The normalized spacial score (nSPS) is 24.7. The van der Waals surface area contributed by atoms with Crippen molar-refractivity contribution in [1.29, 1.82) is 0 Å². The summed E-state index contributed by atoms with van der Waals surface area (Å²) in [5.41, 5.74) is 2.24. The number of rotatable bonds is 1. The van der Waals surface area contributed by atoms with Crippen LogP contribution < -0.4 is 10.6 Å². The second-order valence-electron chi connectivity index (χ2n) is 4.47. The predicted octanol–water partition coefficient (Wildman–Crippen LogP) is 3.35. The Hall–Kier alpha value is -0.890. The van der Waals surface area contributed by atoms with Crippen LogP contribution in [0, 0.1) is 5.92 Å². The van der Waals surface area contributed by atoms with Crippen molar-refractivity contribution in [2.45, 2.75) is 25.3 Å². The van der Waals surface area contributed by atoms with Crippen LogP contribution in [0.2, 0.25) is 5.02 Å². The van der Waals surface area contributed by atoms with E-state index in [-0.39, 0.29) is 0 Å². The molecule has 1 atom stereocenters. The summed E-state index contributed by atoms with van der Waals surface area (Å²) in [4.78, 5) is 0. The van der Waals surface area contributed by atoms with Crippen LogP contribution in [0.5, 0.6) is 0 Å². The van der Waals surface area contributed by atoms with E-state index >= 15 is 0 Å². The van der Waals surface area contributed by atoms with Gasteiger partial charge in [-0.1, -0.05) is 17.7 Å². The molecule has 1 saturated carbocycles. The molecule has 2 nitrogen and oxygen atoms in total. The zero-order valence-electron chi connectivity index (χ0n) is 8.59. The average molecular weight is 223 g/mol. The minimum absolute atomic E-state index is 0.636. The summed E-state index contributed by atoms with van der Waals surface area (Å²) in [6.07, 6.45) is 3.96. The molecule has 0 aromatic heterocycles. The zero-order chi connectivity index (χ0) is 10.3. The van der Waals surface area contributed by atoms with E-state index in [4.69, 9.17) is 11.6 Å². The fourth-order valence-corrected chi connectivity index (χ4v) is 2.54. The van der Waals surface area contributed by atoms with Gasteiger partial charge in [-0.3, -0.25) is 0 Å². The molecule has 80 valence electrons. The molecule has 1 heterocycles. The smallest absolute Gasteiger partial charge is 0.0765 e. The maximum atomic E-state index is 6.16. The molecule has 0 amide bonds. The molecule has 1 unspecified atom stereocenters. The lowest BCUT2D eigenvalue weighted by Gasteiger charge is -2.16. The second kappa shape index (κ2) is 3.60. The molecule has 0 saturated heterocycles. The lowest BCUT2D eigenvalue weighted by Crippen LogP contribution is -2.21. The van der Waals surface area contributed by atoms with Crippen molar-refractivity contribution in [3.8, 4) is 0 Å². The average Bonchev–Trinajstić information content (AvgIpc) is 3.04. The summed E-state index contributed by atoms with van der Waals surface area (Å²) in [5, 5.41) is 7.84. The molecule has 3 rings (SSSR count). The van der Waals surface area contributed by atoms with E-state index in [0.29, 0.717) is 6.04 Å². The van der Waals surface area contributed by atoms with Gasteiger partial charge in [-0.2, -0.15) is 0 Å². The number of halogens is 1. The van der Waals surface area contributed by atoms with Gasteiger partial charge in [0.2, 0.25) is 0 Å². The van der Waals surface area contributed by atoms with Crippen molar-refractivity contribution < 1.29 is 0 Å². The third-order valence-corrected chi connectivity index (χ3v) is 3.62. The summed E-state index contributed by atoms with van der Waals surface area (Å²) in [6.45, 7) is 1.02. The first-order chi connectivity index (χ1) is 7.34. The Morgan fingerprint density at radius 3 is 2.87 bits per heavy atom. The third kappa shape index (κ3) is 1.78. The molecule has 1 aromatic rings. The quantitative estimate of drug-likeness (QED) is 0.762. The minimum atomic E-state index is 0.636. The van der Waals surface area contributed by atoms with Crippen molar-refractivity contribution in [1.82, 2.24) is 0 Å². The molecule has 0 radical (unpaired) electrons. The SMILES string of the molecule is Clc1cccc2c1NCCC(C1CC1)N2. The largest absolute Gasteiger partial charge is 0.382 e. The van der Waals surface area contributed by atoms with Gasteiger partial charge in [-0.05, 0) is 37.3 Å². The van der Waals surface area contributed by atoms with Gasteiger partial charge in [0, 0.05) is 12.6 Å². The van der Waals surface area contributed by atoms with Crippen LogP contribution in [0.1, 0.15) is 19.3 Å². The number of nitrogens with one attached hydrogen (secondary N) is 2. The second-order valence-corrected chi connectivity index (χ2v) is 4.87. The molecule has 0 spiro atoms. The highest BCUT2D eigenvalue weighted by Crippen LogP contribution is 2.39. The molecular formula is C12H15ClN2. The highest BCUT2D eigenvalue weighted by Gasteiger charge is 2.32. The first-order valence-corrected chi connectivity index (χ1v) is 6.01. The van der Waals surface area contributed by atoms with Crippen molar-refractivity contribution in [2.24, 2.45) is 5.92 Å². The summed E-state index contributed by atoms with van der Waals surface area (Å²) < 4.78 is 0. The fourth-order valence-electron chi connectivity index (χ4n) is 2.30. The zero-order valence-corrected chi connectivity index (χ0v) is 9.35. The Labute approximate surface area is 95.0 Å². The Kier molecular flexibility index (Phi) is 2.24. The van der Waals surface area contributed by atoms with Crippen LogP contribution in [0.3, 0.4) is 0 Å². The van der Waals surface area contributed by atoms with E-state index in [9.17, 15) is 0 Å². The first kappa shape index (κ1) is 9.34. The molecule has 1 fully saturated rings. The van der Waals surface area contributed by atoms with Crippen LogP contribution in [0.25, 0.3) is 0 Å². The molecule has 2 N–H and O–H groups in total. The number of anilines is 2. The van der Waals surface area contributed by atoms with Crippen molar-refractivity contribution in [3.05, 3.63) is 23.2 Å². The van der Waals surface area contributed by atoms with Crippen LogP contribution in [0.4, 0.5) is 11.4 Å². The molecule has 1 aliphatic heterocycles. The predicted molar refractivity (Wildman–Crippen MR) is 64.7 cm³/mol. The Bertz CT molecular complexity index is 374. The van der Waals surface area contributed by atoms with Crippen LogP contribution in [-0.2, 0) is 0 Å².